The van der Waals surface area contributed by atoms with E-state index in [1.165, 1.54) is 16.4 Å². The zero-order chi connectivity index (χ0) is 18.7. The minimum atomic E-state index is -0.401. The Bertz CT molecular complexity index is 926. The number of nitrogens with two attached hydrogens (primary N) is 1. The molecule has 134 valence electrons. The zero-order valence-corrected chi connectivity index (χ0v) is 15.9. The van der Waals surface area contributed by atoms with Crippen LogP contribution >= 0.6 is 23.4 Å². The molecule has 0 saturated carbocycles. The van der Waals surface area contributed by atoms with Gasteiger partial charge in [0.2, 0.25) is 11.1 Å². The number of anilines is 1. The van der Waals surface area contributed by atoms with E-state index in [0.29, 0.717) is 21.7 Å². The Kier molecular flexibility index (Phi) is 5.49. The normalized spacial score (nSPS) is 12.0. The summed E-state index contributed by atoms with van der Waals surface area (Å²) >= 11 is 7.10. The molecule has 1 amide bonds. The van der Waals surface area contributed by atoms with Gasteiger partial charge in [-0.05, 0) is 43.7 Å². The van der Waals surface area contributed by atoms with E-state index in [4.69, 9.17) is 17.4 Å². The highest BCUT2D eigenvalue weighted by molar-refractivity contribution is 8.00. The molecule has 0 fully saturated rings. The van der Waals surface area contributed by atoms with Gasteiger partial charge in [-0.1, -0.05) is 47.6 Å². The number of nitrogens with one attached hydrogen (secondary N) is 1. The largest absolute Gasteiger partial charge is 0.335 e. The number of nitrogen functional groups attached to an aromatic ring is 1. The SMILES string of the molecule is Cc1ccccc1-c1nnc(S[C@@H](C)C(=O)Nc2ccc(Cl)cc2)n1N. The Morgan fingerprint density at radius 2 is 1.88 bits per heavy atom. The first-order valence-electron chi connectivity index (χ1n) is 7.95. The summed E-state index contributed by atoms with van der Waals surface area (Å²) in [5.41, 5.74) is 2.64. The average Bonchev–Trinajstić information content (AvgIpc) is 2.98. The van der Waals surface area contributed by atoms with Gasteiger partial charge in [0.05, 0.1) is 5.25 Å². The number of halogens is 1. The maximum Gasteiger partial charge on any atom is 0.237 e. The van der Waals surface area contributed by atoms with E-state index in [9.17, 15) is 4.79 Å². The summed E-state index contributed by atoms with van der Waals surface area (Å²) in [5.74, 6) is 6.56. The third-order valence-corrected chi connectivity index (χ3v) is 5.12. The summed E-state index contributed by atoms with van der Waals surface area (Å²) in [7, 11) is 0. The summed E-state index contributed by atoms with van der Waals surface area (Å²) < 4.78 is 1.42. The fraction of sp³-hybridized carbons (Fsp3) is 0.167. The third-order valence-electron chi connectivity index (χ3n) is 3.81. The van der Waals surface area contributed by atoms with Gasteiger partial charge in [-0.2, -0.15) is 0 Å². The Labute approximate surface area is 160 Å². The molecule has 0 spiro atoms. The van der Waals surface area contributed by atoms with E-state index < -0.39 is 5.25 Å². The van der Waals surface area contributed by atoms with Crippen LogP contribution < -0.4 is 11.2 Å². The van der Waals surface area contributed by atoms with Gasteiger partial charge in [0.25, 0.3) is 0 Å². The second-order valence-corrected chi connectivity index (χ2v) is 7.49. The number of thioether (sulfide) groups is 1. The fourth-order valence-electron chi connectivity index (χ4n) is 2.35. The van der Waals surface area contributed by atoms with Crippen LogP contribution in [0.25, 0.3) is 11.4 Å². The lowest BCUT2D eigenvalue weighted by Crippen LogP contribution is -2.23. The summed E-state index contributed by atoms with van der Waals surface area (Å²) in [6, 6.07) is 14.7. The number of amides is 1. The van der Waals surface area contributed by atoms with Crippen LogP contribution in [0.15, 0.2) is 53.7 Å². The van der Waals surface area contributed by atoms with Crippen molar-refractivity contribution >= 4 is 35.0 Å². The molecule has 3 aromatic rings. The molecule has 0 bridgehead atoms. The first-order valence-corrected chi connectivity index (χ1v) is 9.21. The van der Waals surface area contributed by atoms with Gasteiger partial charge in [0.15, 0.2) is 5.82 Å². The molecule has 0 radical (unpaired) electrons. The van der Waals surface area contributed by atoms with Crippen molar-refractivity contribution in [2.24, 2.45) is 0 Å². The zero-order valence-electron chi connectivity index (χ0n) is 14.3. The molecule has 3 rings (SSSR count). The first-order chi connectivity index (χ1) is 12.5. The van der Waals surface area contributed by atoms with Crippen LogP contribution in [0, 0.1) is 6.92 Å². The molecule has 0 aliphatic rings. The van der Waals surface area contributed by atoms with Crippen LogP contribution in [0.4, 0.5) is 5.69 Å². The number of hydrogen-bond donors (Lipinski definition) is 2. The van der Waals surface area contributed by atoms with Crippen LogP contribution in [0.2, 0.25) is 5.02 Å². The molecule has 6 nitrogen and oxygen atoms in total. The summed E-state index contributed by atoms with van der Waals surface area (Å²) in [6.45, 7) is 3.77. The van der Waals surface area contributed by atoms with Crippen LogP contribution in [-0.2, 0) is 4.79 Å². The lowest BCUT2D eigenvalue weighted by Gasteiger charge is -2.12. The number of carbonyl (C=O) groups excluding carboxylic acids is 1. The number of aromatic nitrogens is 3. The lowest BCUT2D eigenvalue weighted by atomic mass is 10.1. The Hall–Kier alpha value is -2.51. The average molecular weight is 388 g/mol. The van der Waals surface area contributed by atoms with Gasteiger partial charge in [-0.3, -0.25) is 4.79 Å². The molecule has 1 atom stereocenters. The molecule has 0 aliphatic heterocycles. The molecule has 3 N–H and O–H groups in total. The molecule has 0 unspecified atom stereocenters. The Morgan fingerprint density at radius 3 is 2.58 bits per heavy atom. The molecular weight excluding hydrogens is 370 g/mol. The third kappa shape index (κ3) is 4.00. The number of hydrogen-bond acceptors (Lipinski definition) is 5. The molecule has 0 saturated heterocycles. The molecular formula is C18H18ClN5OS. The van der Waals surface area contributed by atoms with E-state index in [-0.39, 0.29) is 5.91 Å². The van der Waals surface area contributed by atoms with Gasteiger partial charge in [-0.25, -0.2) is 4.68 Å². The summed E-state index contributed by atoms with van der Waals surface area (Å²) in [4.78, 5) is 12.4. The fourth-order valence-corrected chi connectivity index (χ4v) is 3.25. The summed E-state index contributed by atoms with van der Waals surface area (Å²) in [6.07, 6.45) is 0. The van der Waals surface area contributed by atoms with Crippen LogP contribution in [0.5, 0.6) is 0 Å². The van der Waals surface area contributed by atoms with Gasteiger partial charge < -0.3 is 11.2 Å². The second kappa shape index (κ2) is 7.80. The number of aryl methyl sites for hydroxylation is 1. The van der Waals surface area contributed by atoms with Crippen molar-refractivity contribution in [1.29, 1.82) is 0 Å². The topological polar surface area (TPSA) is 85.8 Å². The molecule has 8 heteroatoms. The molecule has 0 aliphatic carbocycles. The summed E-state index contributed by atoms with van der Waals surface area (Å²) in [5, 5.41) is 11.8. The minimum absolute atomic E-state index is 0.155. The highest BCUT2D eigenvalue weighted by Crippen LogP contribution is 2.27. The van der Waals surface area contributed by atoms with E-state index in [1.807, 2.05) is 31.2 Å². The van der Waals surface area contributed by atoms with Crippen LogP contribution in [0.1, 0.15) is 12.5 Å². The number of rotatable bonds is 5. The van der Waals surface area contributed by atoms with Crippen molar-refractivity contribution in [2.75, 3.05) is 11.2 Å². The van der Waals surface area contributed by atoms with E-state index in [2.05, 4.69) is 15.5 Å². The molecule has 1 aromatic heterocycles. The van der Waals surface area contributed by atoms with Crippen molar-refractivity contribution in [2.45, 2.75) is 24.3 Å². The van der Waals surface area contributed by atoms with Crippen molar-refractivity contribution < 1.29 is 4.79 Å². The highest BCUT2D eigenvalue weighted by Gasteiger charge is 2.20. The number of nitrogens with zero attached hydrogens (tertiary/aromatic N) is 3. The maximum atomic E-state index is 12.4. The quantitative estimate of drug-likeness (QED) is 0.514. The van der Waals surface area contributed by atoms with Crippen LogP contribution in [0.3, 0.4) is 0 Å². The van der Waals surface area contributed by atoms with Crippen LogP contribution in [-0.4, -0.2) is 26.0 Å². The van der Waals surface area contributed by atoms with Gasteiger partial charge >= 0.3 is 0 Å². The minimum Gasteiger partial charge on any atom is -0.335 e. The smallest absolute Gasteiger partial charge is 0.237 e. The van der Waals surface area contributed by atoms with Gasteiger partial charge in [-0.15, -0.1) is 10.2 Å². The van der Waals surface area contributed by atoms with E-state index in [1.54, 1.807) is 31.2 Å². The predicted molar refractivity (Wildman–Crippen MR) is 106 cm³/mol. The van der Waals surface area contributed by atoms with Crippen molar-refractivity contribution in [3.05, 3.63) is 59.1 Å². The van der Waals surface area contributed by atoms with E-state index >= 15 is 0 Å². The van der Waals surface area contributed by atoms with Gasteiger partial charge in [0, 0.05) is 16.3 Å². The first kappa shape index (κ1) is 18.3. The predicted octanol–water partition coefficient (Wildman–Crippen LogP) is 3.74. The highest BCUT2D eigenvalue weighted by atomic mass is 35.5. The Morgan fingerprint density at radius 1 is 1.19 bits per heavy atom. The molecule has 1 heterocycles. The molecule has 26 heavy (non-hydrogen) atoms. The number of benzene rings is 2. The second-order valence-electron chi connectivity index (χ2n) is 5.75. The number of carbonyl (C=O) groups is 1. The Balaban J connectivity index is 1.71. The monoisotopic (exact) mass is 387 g/mol. The maximum absolute atomic E-state index is 12.4. The lowest BCUT2D eigenvalue weighted by molar-refractivity contribution is -0.115. The standard InChI is InChI=1S/C18H18ClN5OS/c1-11-5-3-4-6-15(11)16-22-23-18(24(16)20)26-12(2)17(25)21-14-9-7-13(19)8-10-14/h3-10,12H,20H2,1-2H3,(H,21,25)/t12-/m0/s1. The van der Waals surface area contributed by atoms with Gasteiger partial charge in [0.1, 0.15) is 0 Å². The van der Waals surface area contributed by atoms with Crippen molar-refractivity contribution in [3.63, 3.8) is 0 Å². The molecule has 2 aromatic carbocycles. The van der Waals surface area contributed by atoms with E-state index in [0.717, 1.165) is 11.1 Å². The van der Waals surface area contributed by atoms with Crippen molar-refractivity contribution in [3.8, 4) is 11.4 Å². The van der Waals surface area contributed by atoms with Crippen molar-refractivity contribution in [1.82, 2.24) is 14.9 Å².